The van der Waals surface area contributed by atoms with Crippen LogP contribution in [0.2, 0.25) is 0 Å². The van der Waals surface area contributed by atoms with Gasteiger partial charge in [0.05, 0.1) is 41.8 Å². The molecule has 0 aromatic carbocycles. The normalized spacial score (nSPS) is 15.9. The number of anilines is 2. The number of morpholine rings is 1. The van der Waals surface area contributed by atoms with E-state index in [-0.39, 0.29) is 0 Å². The van der Waals surface area contributed by atoms with Gasteiger partial charge in [0.25, 0.3) is 0 Å². The minimum atomic E-state index is 0.750. The monoisotopic (exact) mass is 366 g/mol. The maximum atomic E-state index is 5.35. The predicted octanol–water partition coefficient (Wildman–Crippen LogP) is 1.82. The molecule has 0 aliphatic carbocycles. The van der Waals surface area contributed by atoms with Crippen molar-refractivity contribution < 1.29 is 4.74 Å². The highest BCUT2D eigenvalue weighted by Crippen LogP contribution is 2.24. The van der Waals surface area contributed by atoms with E-state index in [1.54, 1.807) is 6.33 Å². The number of nitrogens with one attached hydrogen (secondary N) is 1. The van der Waals surface area contributed by atoms with E-state index < -0.39 is 0 Å². The Morgan fingerprint density at radius 1 is 1.27 bits per heavy atom. The number of hydrogen-bond acceptors (Lipinski definition) is 6. The highest BCUT2D eigenvalue weighted by Gasteiger charge is 2.11. The fraction of sp³-hybridized carbons (Fsp3) is 0.500. The Hall–Kier alpha value is -1.51. The van der Waals surface area contributed by atoms with Gasteiger partial charge < -0.3 is 10.1 Å². The Morgan fingerprint density at radius 3 is 2.91 bits per heavy atom. The van der Waals surface area contributed by atoms with Gasteiger partial charge in [-0.15, -0.1) is 0 Å². The summed E-state index contributed by atoms with van der Waals surface area (Å²) in [5.41, 5.74) is 1.82. The zero-order valence-electron chi connectivity index (χ0n) is 12.5. The Kier molecular flexibility index (Phi) is 5.01. The van der Waals surface area contributed by atoms with Crippen LogP contribution in [0.15, 0.2) is 23.2 Å². The van der Waals surface area contributed by atoms with Crippen molar-refractivity contribution in [3.8, 4) is 0 Å². The molecule has 1 N–H and O–H groups in total. The van der Waals surface area contributed by atoms with E-state index in [0.29, 0.717) is 0 Å². The number of rotatable bonds is 5. The van der Waals surface area contributed by atoms with Crippen molar-refractivity contribution >= 4 is 27.4 Å². The third-order valence-corrected chi connectivity index (χ3v) is 4.56. The van der Waals surface area contributed by atoms with Gasteiger partial charge in [0.1, 0.15) is 12.1 Å². The fourth-order valence-corrected chi connectivity index (χ4v) is 2.60. The van der Waals surface area contributed by atoms with Gasteiger partial charge in [-0.2, -0.15) is 5.10 Å². The number of aromatic nitrogens is 4. The molecule has 8 heteroatoms. The molecule has 2 aromatic rings. The van der Waals surface area contributed by atoms with Crippen molar-refractivity contribution in [2.45, 2.75) is 13.5 Å². The SMILES string of the molecule is Cc1ncnc(Nc2cnn(CCN3CCOCC3)c2)c1Br. The van der Waals surface area contributed by atoms with Crippen molar-refractivity contribution in [1.29, 1.82) is 0 Å². The average Bonchev–Trinajstić information content (AvgIpc) is 2.98. The first kappa shape index (κ1) is 15.4. The van der Waals surface area contributed by atoms with E-state index in [0.717, 1.165) is 61.1 Å². The second-order valence-corrected chi connectivity index (χ2v) is 5.99. The zero-order valence-corrected chi connectivity index (χ0v) is 14.1. The lowest BCUT2D eigenvalue weighted by Gasteiger charge is -2.26. The van der Waals surface area contributed by atoms with Gasteiger partial charge in [0.15, 0.2) is 0 Å². The second kappa shape index (κ2) is 7.17. The average molecular weight is 367 g/mol. The molecule has 0 saturated carbocycles. The standard InChI is InChI=1S/C14H19BrN6O/c1-11-13(15)14(17-10-16-11)19-12-8-18-21(9-12)3-2-20-4-6-22-7-5-20/h8-10H,2-7H2,1H3,(H,16,17,19). The number of ether oxygens (including phenoxy) is 1. The number of aryl methyl sites for hydroxylation is 1. The first-order valence-electron chi connectivity index (χ1n) is 7.29. The Labute approximate surface area is 137 Å². The first-order valence-corrected chi connectivity index (χ1v) is 8.08. The molecular formula is C14H19BrN6O. The maximum Gasteiger partial charge on any atom is 0.148 e. The first-order chi connectivity index (χ1) is 10.7. The highest BCUT2D eigenvalue weighted by molar-refractivity contribution is 9.10. The zero-order chi connectivity index (χ0) is 15.4. The molecule has 0 unspecified atom stereocenters. The lowest BCUT2D eigenvalue weighted by molar-refractivity contribution is 0.0360. The van der Waals surface area contributed by atoms with Gasteiger partial charge in [-0.25, -0.2) is 9.97 Å². The Balaban J connectivity index is 1.57. The summed E-state index contributed by atoms with van der Waals surface area (Å²) in [6, 6.07) is 0. The molecule has 7 nitrogen and oxygen atoms in total. The van der Waals surface area contributed by atoms with E-state index in [1.165, 1.54) is 0 Å². The fourth-order valence-electron chi connectivity index (χ4n) is 2.30. The molecule has 0 amide bonds. The molecule has 3 rings (SSSR count). The van der Waals surface area contributed by atoms with Crippen LogP contribution in [0.5, 0.6) is 0 Å². The van der Waals surface area contributed by atoms with E-state index in [2.05, 4.69) is 41.2 Å². The summed E-state index contributed by atoms with van der Waals surface area (Å²) in [6.07, 6.45) is 5.35. The van der Waals surface area contributed by atoms with Crippen molar-refractivity contribution in [2.24, 2.45) is 0 Å². The molecule has 118 valence electrons. The van der Waals surface area contributed by atoms with Crippen LogP contribution in [0, 0.1) is 6.92 Å². The Bertz CT molecular complexity index is 626. The second-order valence-electron chi connectivity index (χ2n) is 5.19. The van der Waals surface area contributed by atoms with Crippen molar-refractivity contribution in [3.05, 3.63) is 28.9 Å². The van der Waals surface area contributed by atoms with Gasteiger partial charge >= 0.3 is 0 Å². The molecule has 1 fully saturated rings. The van der Waals surface area contributed by atoms with Gasteiger partial charge in [0, 0.05) is 25.8 Å². The van der Waals surface area contributed by atoms with Crippen LogP contribution in [-0.4, -0.2) is 57.5 Å². The molecule has 0 radical (unpaired) electrons. The minimum Gasteiger partial charge on any atom is -0.379 e. The molecule has 1 aliphatic heterocycles. The largest absolute Gasteiger partial charge is 0.379 e. The summed E-state index contributed by atoms with van der Waals surface area (Å²) in [4.78, 5) is 10.8. The van der Waals surface area contributed by atoms with Gasteiger partial charge in [0.2, 0.25) is 0 Å². The van der Waals surface area contributed by atoms with E-state index >= 15 is 0 Å². The quantitative estimate of drug-likeness (QED) is 0.870. The lowest BCUT2D eigenvalue weighted by atomic mass is 10.4. The molecule has 0 bridgehead atoms. The molecule has 3 heterocycles. The third kappa shape index (κ3) is 3.82. The number of hydrogen-bond donors (Lipinski definition) is 1. The van der Waals surface area contributed by atoms with Gasteiger partial charge in [-0.05, 0) is 22.9 Å². The molecule has 0 spiro atoms. The van der Waals surface area contributed by atoms with Crippen LogP contribution >= 0.6 is 15.9 Å². The van der Waals surface area contributed by atoms with E-state index in [1.807, 2.05) is 24.0 Å². The number of halogens is 1. The van der Waals surface area contributed by atoms with Crippen LogP contribution in [0.1, 0.15) is 5.69 Å². The van der Waals surface area contributed by atoms with Crippen LogP contribution in [-0.2, 0) is 11.3 Å². The van der Waals surface area contributed by atoms with Crippen LogP contribution in [0.4, 0.5) is 11.5 Å². The lowest BCUT2D eigenvalue weighted by Crippen LogP contribution is -2.38. The molecule has 1 aliphatic rings. The van der Waals surface area contributed by atoms with Crippen molar-refractivity contribution in [1.82, 2.24) is 24.6 Å². The smallest absolute Gasteiger partial charge is 0.148 e. The third-order valence-electron chi connectivity index (χ3n) is 3.61. The highest BCUT2D eigenvalue weighted by atomic mass is 79.9. The molecule has 0 atom stereocenters. The molecule has 22 heavy (non-hydrogen) atoms. The van der Waals surface area contributed by atoms with E-state index in [9.17, 15) is 0 Å². The summed E-state index contributed by atoms with van der Waals surface area (Å²) in [5.74, 6) is 0.750. The topological polar surface area (TPSA) is 68.1 Å². The molecule has 2 aromatic heterocycles. The summed E-state index contributed by atoms with van der Waals surface area (Å²) in [6.45, 7) is 7.44. The summed E-state index contributed by atoms with van der Waals surface area (Å²) in [5, 5.41) is 7.64. The number of nitrogens with zero attached hydrogens (tertiary/aromatic N) is 5. The van der Waals surface area contributed by atoms with Gasteiger partial charge in [-0.1, -0.05) is 0 Å². The van der Waals surface area contributed by atoms with Gasteiger partial charge in [-0.3, -0.25) is 9.58 Å². The van der Waals surface area contributed by atoms with Crippen molar-refractivity contribution in [3.63, 3.8) is 0 Å². The molecule has 1 saturated heterocycles. The van der Waals surface area contributed by atoms with E-state index in [4.69, 9.17) is 4.74 Å². The summed E-state index contributed by atoms with van der Waals surface area (Å²) < 4.78 is 8.17. The van der Waals surface area contributed by atoms with Crippen LogP contribution < -0.4 is 5.32 Å². The summed E-state index contributed by atoms with van der Waals surface area (Å²) >= 11 is 3.49. The van der Waals surface area contributed by atoms with Crippen LogP contribution in [0.25, 0.3) is 0 Å². The Morgan fingerprint density at radius 2 is 2.09 bits per heavy atom. The van der Waals surface area contributed by atoms with Crippen molar-refractivity contribution in [2.75, 3.05) is 38.2 Å². The molecular weight excluding hydrogens is 348 g/mol. The summed E-state index contributed by atoms with van der Waals surface area (Å²) in [7, 11) is 0. The van der Waals surface area contributed by atoms with Crippen LogP contribution in [0.3, 0.4) is 0 Å². The predicted molar refractivity (Wildman–Crippen MR) is 87.2 cm³/mol. The minimum absolute atomic E-state index is 0.750. The maximum absolute atomic E-state index is 5.35.